The van der Waals surface area contributed by atoms with Crippen molar-refractivity contribution in [3.8, 4) is 0 Å². The van der Waals surface area contributed by atoms with Crippen molar-refractivity contribution in [1.29, 1.82) is 0 Å². The van der Waals surface area contributed by atoms with Crippen LogP contribution in [0.5, 0.6) is 0 Å². The highest BCUT2D eigenvalue weighted by molar-refractivity contribution is 5.77. The highest BCUT2D eigenvalue weighted by Crippen LogP contribution is 2.31. The minimum atomic E-state index is 0.104. The number of benzene rings is 1. The fourth-order valence-electron chi connectivity index (χ4n) is 4.11. The molecule has 5 nitrogen and oxygen atoms in total. The molecule has 0 fully saturated rings. The second kappa shape index (κ2) is 8.15. The SMILES string of the molecule is Cc1nn(CC(C)C)c(C)c1CCC(=O)NC1CCCc2cc(N)ccc21. The maximum atomic E-state index is 12.6. The smallest absolute Gasteiger partial charge is 0.220 e. The van der Waals surface area contributed by atoms with E-state index in [1.165, 1.54) is 22.4 Å². The van der Waals surface area contributed by atoms with Gasteiger partial charge in [-0.1, -0.05) is 19.9 Å². The van der Waals surface area contributed by atoms with Gasteiger partial charge in [-0.05, 0) is 74.3 Å². The number of amides is 1. The number of aryl methyl sites for hydroxylation is 2. The van der Waals surface area contributed by atoms with Gasteiger partial charge in [0.2, 0.25) is 5.91 Å². The Morgan fingerprint density at radius 1 is 1.37 bits per heavy atom. The van der Waals surface area contributed by atoms with Crippen molar-refractivity contribution in [2.24, 2.45) is 5.92 Å². The molecule has 3 N–H and O–H groups in total. The number of aromatic nitrogens is 2. The summed E-state index contributed by atoms with van der Waals surface area (Å²) in [5.41, 5.74) is 12.6. The van der Waals surface area contributed by atoms with Crippen LogP contribution in [0.15, 0.2) is 18.2 Å². The van der Waals surface area contributed by atoms with Gasteiger partial charge in [0, 0.05) is 24.3 Å². The number of rotatable bonds is 6. The Bertz CT molecular complexity index is 822. The summed E-state index contributed by atoms with van der Waals surface area (Å²) >= 11 is 0. The molecule has 0 spiro atoms. The molecule has 5 heteroatoms. The quantitative estimate of drug-likeness (QED) is 0.760. The molecule has 0 saturated carbocycles. The van der Waals surface area contributed by atoms with Gasteiger partial charge >= 0.3 is 0 Å². The van der Waals surface area contributed by atoms with Crippen molar-refractivity contribution in [3.05, 3.63) is 46.3 Å². The number of carbonyl (C=O) groups excluding carboxylic acids is 1. The Labute approximate surface area is 162 Å². The molecule has 3 rings (SSSR count). The normalized spacial score (nSPS) is 16.4. The van der Waals surface area contributed by atoms with E-state index in [-0.39, 0.29) is 11.9 Å². The van der Waals surface area contributed by atoms with Crippen molar-refractivity contribution in [2.45, 2.75) is 72.4 Å². The first-order valence-corrected chi connectivity index (χ1v) is 10.1. The van der Waals surface area contributed by atoms with Crippen molar-refractivity contribution >= 4 is 11.6 Å². The summed E-state index contributed by atoms with van der Waals surface area (Å²) in [7, 11) is 0. The van der Waals surface area contributed by atoms with Gasteiger partial charge in [-0.25, -0.2) is 0 Å². The van der Waals surface area contributed by atoms with E-state index in [9.17, 15) is 4.79 Å². The van der Waals surface area contributed by atoms with Gasteiger partial charge in [0.1, 0.15) is 0 Å². The summed E-state index contributed by atoms with van der Waals surface area (Å²) in [5, 5.41) is 7.89. The first-order valence-electron chi connectivity index (χ1n) is 10.1. The molecule has 0 saturated heterocycles. The van der Waals surface area contributed by atoms with E-state index in [4.69, 9.17) is 5.73 Å². The zero-order valence-electron chi connectivity index (χ0n) is 17.0. The fraction of sp³-hybridized carbons (Fsp3) is 0.545. The number of fused-ring (bicyclic) bond motifs is 1. The van der Waals surface area contributed by atoms with Crippen LogP contribution in [0, 0.1) is 19.8 Å². The first kappa shape index (κ1) is 19.5. The number of carbonyl (C=O) groups is 1. The van der Waals surface area contributed by atoms with Gasteiger partial charge in [0.05, 0.1) is 11.7 Å². The van der Waals surface area contributed by atoms with E-state index < -0.39 is 0 Å². The third-order valence-corrected chi connectivity index (χ3v) is 5.49. The summed E-state index contributed by atoms with van der Waals surface area (Å²) in [4.78, 5) is 12.6. The molecule has 146 valence electrons. The number of hydrogen-bond acceptors (Lipinski definition) is 3. The van der Waals surface area contributed by atoms with Crippen LogP contribution >= 0.6 is 0 Å². The van der Waals surface area contributed by atoms with Crippen LogP contribution in [-0.4, -0.2) is 15.7 Å². The maximum absolute atomic E-state index is 12.6. The van der Waals surface area contributed by atoms with Crippen molar-refractivity contribution in [2.75, 3.05) is 5.73 Å². The predicted octanol–water partition coefficient (Wildman–Crippen LogP) is 3.86. The molecule has 2 aromatic rings. The Hall–Kier alpha value is -2.30. The van der Waals surface area contributed by atoms with Crippen LogP contribution in [-0.2, 0) is 24.2 Å². The largest absolute Gasteiger partial charge is 0.399 e. The molecule has 1 aliphatic rings. The minimum absolute atomic E-state index is 0.104. The number of nitrogens with one attached hydrogen (secondary N) is 1. The van der Waals surface area contributed by atoms with Gasteiger partial charge in [0.25, 0.3) is 0 Å². The van der Waals surface area contributed by atoms with Crippen LogP contribution in [0.1, 0.15) is 67.2 Å². The number of nitrogens with zero attached hydrogens (tertiary/aromatic N) is 2. The highest BCUT2D eigenvalue weighted by Gasteiger charge is 2.22. The van der Waals surface area contributed by atoms with Crippen molar-refractivity contribution in [1.82, 2.24) is 15.1 Å². The summed E-state index contributed by atoms with van der Waals surface area (Å²) in [6.07, 6.45) is 4.35. The molecule has 1 amide bonds. The van der Waals surface area contributed by atoms with Gasteiger partial charge in [-0.15, -0.1) is 0 Å². The second-order valence-electron chi connectivity index (χ2n) is 8.20. The predicted molar refractivity (Wildman–Crippen MR) is 110 cm³/mol. The van der Waals surface area contributed by atoms with E-state index in [0.717, 1.165) is 43.6 Å². The van der Waals surface area contributed by atoms with Gasteiger partial charge < -0.3 is 11.1 Å². The van der Waals surface area contributed by atoms with E-state index in [1.54, 1.807) is 0 Å². The molecule has 0 radical (unpaired) electrons. The molecule has 1 heterocycles. The maximum Gasteiger partial charge on any atom is 0.220 e. The molecule has 0 bridgehead atoms. The third-order valence-electron chi connectivity index (χ3n) is 5.49. The molecule has 1 aromatic carbocycles. The molecule has 1 unspecified atom stereocenters. The van der Waals surface area contributed by atoms with Crippen LogP contribution in [0.2, 0.25) is 0 Å². The number of anilines is 1. The minimum Gasteiger partial charge on any atom is -0.399 e. The fourth-order valence-corrected chi connectivity index (χ4v) is 4.11. The molecule has 0 aliphatic heterocycles. The van der Waals surface area contributed by atoms with Crippen molar-refractivity contribution in [3.63, 3.8) is 0 Å². The summed E-state index contributed by atoms with van der Waals surface area (Å²) in [6.45, 7) is 9.45. The van der Waals surface area contributed by atoms with Crippen LogP contribution < -0.4 is 11.1 Å². The third kappa shape index (κ3) is 4.52. The topological polar surface area (TPSA) is 72.9 Å². The Morgan fingerprint density at radius 2 is 2.15 bits per heavy atom. The van der Waals surface area contributed by atoms with E-state index in [1.807, 2.05) is 19.1 Å². The van der Waals surface area contributed by atoms with Gasteiger partial charge in [0.15, 0.2) is 0 Å². The number of nitrogens with two attached hydrogens (primary N) is 1. The Morgan fingerprint density at radius 3 is 2.89 bits per heavy atom. The lowest BCUT2D eigenvalue weighted by atomic mass is 9.87. The summed E-state index contributed by atoms with van der Waals surface area (Å²) in [5.74, 6) is 0.666. The number of hydrogen-bond donors (Lipinski definition) is 2. The summed E-state index contributed by atoms with van der Waals surface area (Å²) < 4.78 is 2.08. The zero-order valence-corrected chi connectivity index (χ0v) is 17.0. The molecule has 1 aromatic heterocycles. The second-order valence-corrected chi connectivity index (χ2v) is 8.20. The standard InChI is InChI=1S/C22H32N4O/c1-14(2)13-26-16(4)19(15(3)25-26)10-11-22(27)24-21-7-5-6-17-12-18(23)8-9-20(17)21/h8-9,12,14,21H,5-7,10-11,13,23H2,1-4H3,(H,24,27). The monoisotopic (exact) mass is 368 g/mol. The van der Waals surface area contributed by atoms with Gasteiger partial charge in [-0.2, -0.15) is 5.10 Å². The molecular formula is C22H32N4O. The van der Waals surface area contributed by atoms with Crippen molar-refractivity contribution < 1.29 is 4.79 Å². The lowest BCUT2D eigenvalue weighted by Gasteiger charge is -2.26. The first-order chi connectivity index (χ1) is 12.8. The number of nitrogen functional groups attached to an aromatic ring is 1. The highest BCUT2D eigenvalue weighted by atomic mass is 16.1. The van der Waals surface area contributed by atoms with E-state index in [0.29, 0.717) is 12.3 Å². The Balaban J connectivity index is 1.62. The average molecular weight is 369 g/mol. The molecule has 27 heavy (non-hydrogen) atoms. The van der Waals surface area contributed by atoms with E-state index >= 15 is 0 Å². The van der Waals surface area contributed by atoms with Gasteiger partial charge in [-0.3, -0.25) is 9.48 Å². The Kier molecular flexibility index (Phi) is 5.88. The molecule has 1 atom stereocenters. The lowest BCUT2D eigenvalue weighted by molar-refractivity contribution is -0.121. The molecular weight excluding hydrogens is 336 g/mol. The van der Waals surface area contributed by atoms with Crippen LogP contribution in [0.3, 0.4) is 0 Å². The zero-order chi connectivity index (χ0) is 19.6. The van der Waals surface area contributed by atoms with Crippen LogP contribution in [0.25, 0.3) is 0 Å². The molecule has 1 aliphatic carbocycles. The average Bonchev–Trinajstić information content (AvgIpc) is 2.86. The lowest BCUT2D eigenvalue weighted by Crippen LogP contribution is -2.31. The summed E-state index contributed by atoms with van der Waals surface area (Å²) in [6, 6.07) is 6.15. The van der Waals surface area contributed by atoms with Crippen LogP contribution in [0.4, 0.5) is 5.69 Å². The van der Waals surface area contributed by atoms with E-state index in [2.05, 4.69) is 41.9 Å².